The van der Waals surface area contributed by atoms with Gasteiger partial charge in [0.05, 0.1) is 27.0 Å². The number of H-pyrrole nitrogens is 1. The molecule has 8 aromatic rings. The summed E-state index contributed by atoms with van der Waals surface area (Å²) in [5.41, 5.74) is 18.2. The Labute approximate surface area is 424 Å². The number of rotatable bonds is 17. The molecule has 15 nitrogen and oxygen atoms in total. The van der Waals surface area contributed by atoms with E-state index < -0.39 is 28.6 Å². The van der Waals surface area contributed by atoms with E-state index in [9.17, 15) is 13.2 Å². The molecule has 2 aliphatic rings. The normalized spacial score (nSPS) is 15.2. The molecule has 0 aliphatic carbocycles. The summed E-state index contributed by atoms with van der Waals surface area (Å²) >= 11 is 0. The zero-order valence-corrected chi connectivity index (χ0v) is 41.4. The summed E-state index contributed by atoms with van der Waals surface area (Å²) in [4.78, 5) is 22.2. The zero-order valence-electron chi connectivity index (χ0n) is 40.6. The van der Waals surface area contributed by atoms with Crippen LogP contribution in [0.2, 0.25) is 0 Å². The van der Waals surface area contributed by atoms with Crippen molar-refractivity contribution >= 4 is 39.2 Å². The van der Waals surface area contributed by atoms with Crippen molar-refractivity contribution in [3.8, 4) is 56.4 Å². The molecule has 0 unspecified atom stereocenters. The van der Waals surface area contributed by atoms with E-state index in [1.165, 1.54) is 49.9 Å². The number of allylic oxidation sites excluding steroid dienone is 1. The van der Waals surface area contributed by atoms with Crippen LogP contribution < -0.4 is 29.8 Å². The summed E-state index contributed by atoms with van der Waals surface area (Å²) in [7, 11) is -1.67. The lowest BCUT2D eigenvalue weighted by Gasteiger charge is -2.29. The van der Waals surface area contributed by atoms with Gasteiger partial charge < -0.3 is 29.4 Å². The Morgan fingerprint density at radius 3 is 1.86 bits per heavy atom. The van der Waals surface area contributed by atoms with E-state index in [1.807, 2.05) is 48.5 Å². The molecular formula is C57H54N6O9S. The topological polar surface area (TPSA) is 177 Å². The molecule has 0 radical (unpaired) electrons. The Bertz CT molecular complexity index is 3350. The van der Waals surface area contributed by atoms with Gasteiger partial charge in [0.2, 0.25) is 0 Å². The van der Waals surface area contributed by atoms with E-state index in [-0.39, 0.29) is 19.8 Å². The van der Waals surface area contributed by atoms with Gasteiger partial charge in [0.1, 0.15) is 42.7 Å². The van der Waals surface area contributed by atoms with Crippen LogP contribution in [0.5, 0.6) is 23.0 Å². The molecule has 4 N–H and O–H groups in total. The number of urea groups is 1. The quantitative estimate of drug-likeness (QED) is 0.0386. The van der Waals surface area contributed by atoms with Gasteiger partial charge in [-0.3, -0.25) is 9.45 Å². The van der Waals surface area contributed by atoms with E-state index in [2.05, 4.69) is 147 Å². The van der Waals surface area contributed by atoms with Gasteiger partial charge in [-0.15, -0.1) is 4.28 Å². The van der Waals surface area contributed by atoms with Crippen LogP contribution in [0.4, 0.5) is 10.6 Å². The van der Waals surface area contributed by atoms with E-state index in [1.54, 1.807) is 33.3 Å². The van der Waals surface area contributed by atoms with Crippen LogP contribution in [0.25, 0.3) is 50.4 Å². The second-order valence-corrected chi connectivity index (χ2v) is 18.1. The molecule has 6 aromatic carbocycles. The number of aromatic nitrogens is 2. The van der Waals surface area contributed by atoms with Gasteiger partial charge in [-0.2, -0.15) is 13.5 Å². The van der Waals surface area contributed by atoms with Crippen LogP contribution in [-0.2, 0) is 27.9 Å². The number of benzene rings is 6. The number of pyridine rings is 1. The van der Waals surface area contributed by atoms with Crippen LogP contribution in [0, 0.1) is 0 Å². The highest BCUT2D eigenvalue weighted by atomic mass is 32.3. The molecule has 16 heteroatoms. The van der Waals surface area contributed by atoms with Gasteiger partial charge in [-0.05, 0) is 101 Å². The lowest BCUT2D eigenvalue weighted by molar-refractivity contribution is -0.0212. The fourth-order valence-corrected chi connectivity index (χ4v) is 9.18. The van der Waals surface area contributed by atoms with Gasteiger partial charge in [0.15, 0.2) is 11.5 Å². The molecule has 2 amide bonds. The lowest BCUT2D eigenvalue weighted by atomic mass is 9.88. The second-order valence-electron chi connectivity index (χ2n) is 17.1. The van der Waals surface area contributed by atoms with Gasteiger partial charge in [-0.1, -0.05) is 127 Å². The first kappa shape index (κ1) is 49.6. The Kier molecular flexibility index (Phi) is 15.2. The maximum Gasteiger partial charge on any atom is 0.418 e. The third-order valence-corrected chi connectivity index (χ3v) is 12.7. The Morgan fingerprint density at radius 2 is 1.30 bits per heavy atom. The maximum absolute atomic E-state index is 12.8. The summed E-state index contributed by atoms with van der Waals surface area (Å²) in [6.45, 7) is 4.46. The van der Waals surface area contributed by atoms with Crippen molar-refractivity contribution in [3.05, 3.63) is 198 Å². The zero-order chi connectivity index (χ0) is 50.9. The molecule has 1 fully saturated rings. The van der Waals surface area contributed by atoms with Gasteiger partial charge in [-0.25, -0.2) is 15.2 Å². The number of carbonyl (C=O) groups is 1. The first-order chi connectivity index (χ1) is 35.5. The summed E-state index contributed by atoms with van der Waals surface area (Å²) in [6, 6.07) is 51.7. The van der Waals surface area contributed by atoms with E-state index in [0.29, 0.717) is 28.0 Å². The largest absolute Gasteiger partial charge is 0.497 e. The summed E-state index contributed by atoms with van der Waals surface area (Å²) in [5, 5.41) is 1.91. The minimum absolute atomic E-state index is 0.151. The second kappa shape index (κ2) is 22.3. The van der Waals surface area contributed by atoms with E-state index in [4.69, 9.17) is 23.5 Å². The molecule has 372 valence electrons. The number of amides is 2. The van der Waals surface area contributed by atoms with Crippen LogP contribution in [0.3, 0.4) is 0 Å². The van der Waals surface area contributed by atoms with Crippen molar-refractivity contribution in [2.75, 3.05) is 26.2 Å². The number of ether oxygens (including phenoxy) is 4. The molecule has 10 rings (SSSR count). The predicted octanol–water partition coefficient (Wildman–Crippen LogP) is 11.5. The van der Waals surface area contributed by atoms with Crippen LogP contribution in [-0.4, -0.2) is 71.9 Å². The van der Waals surface area contributed by atoms with Gasteiger partial charge in [0, 0.05) is 28.2 Å². The van der Waals surface area contributed by atoms with Gasteiger partial charge in [0.25, 0.3) is 0 Å². The molecule has 73 heavy (non-hydrogen) atoms. The number of nitrogens with one attached hydrogen (secondary N) is 3. The molecule has 2 bridgehead atoms. The molecular weight excluding hydrogens is 945 g/mol. The highest BCUT2D eigenvalue weighted by Crippen LogP contribution is 2.44. The third-order valence-electron chi connectivity index (χ3n) is 12.4. The predicted molar refractivity (Wildman–Crippen MR) is 283 cm³/mol. The van der Waals surface area contributed by atoms with Crippen molar-refractivity contribution in [1.29, 1.82) is 0 Å². The lowest BCUT2D eigenvalue weighted by Crippen LogP contribution is -2.49. The van der Waals surface area contributed by atoms with Crippen molar-refractivity contribution in [2.45, 2.75) is 39.3 Å². The summed E-state index contributed by atoms with van der Waals surface area (Å²) in [6.07, 6.45) is 6.85. The fourth-order valence-electron chi connectivity index (χ4n) is 8.81. The smallest absolute Gasteiger partial charge is 0.418 e. The standard InChI is InChI=1S/C29H23N.C28H31N5O9S/c1-2-12-25-28(23-17-10-5-11-18-23)29-26(30-25)20-19-24(21-13-6-3-7-14-21)27(29)22-15-8-4-9-16-22;1-18-12-27(32-15-23(18)33(28(32)34)42-43(35,36)37)31-30-26-13-24(40-16-19-4-8-21(38-2)9-5-19)25(14-29-26)41-17-20-6-10-22(39-3)11-7-20/h2-20,30H,1H3;4-14,23,27,31H,15-17H2,1-3H3,(H,29,30)(H,35,36,37)/b12-2+;/t;23-,27+/m.0/s1. The molecule has 0 spiro atoms. The minimum atomic E-state index is -4.87. The molecule has 1 saturated heterocycles. The van der Waals surface area contributed by atoms with Crippen molar-refractivity contribution in [1.82, 2.24) is 25.4 Å². The van der Waals surface area contributed by atoms with Crippen molar-refractivity contribution in [3.63, 3.8) is 0 Å². The van der Waals surface area contributed by atoms with Gasteiger partial charge >= 0.3 is 16.4 Å². The highest BCUT2D eigenvalue weighted by molar-refractivity contribution is 7.80. The van der Waals surface area contributed by atoms with Crippen LogP contribution in [0.15, 0.2) is 182 Å². The van der Waals surface area contributed by atoms with Crippen LogP contribution in [0.1, 0.15) is 30.7 Å². The number of hydroxylamine groups is 2. The number of methoxy groups -OCH3 is 2. The van der Waals surface area contributed by atoms with Crippen molar-refractivity contribution in [2.24, 2.45) is 0 Å². The number of hydrogen-bond donors (Lipinski definition) is 4. The van der Waals surface area contributed by atoms with E-state index >= 15 is 0 Å². The SMILES string of the molecule is C/C=C/c1[nH]c2ccc(-c3ccccc3)c(-c3ccccc3)c2c1-c1ccccc1.COc1ccc(COc2cnc(NN[C@H]3C=C(C)[C@@H]4CN3C(=O)N4OS(=O)(=O)O)cc2OCc2ccc(OC)cc2)cc1. The number of hydrogen-bond acceptors (Lipinski definition) is 11. The molecule has 4 heterocycles. The minimum Gasteiger partial charge on any atom is -0.497 e. The summed E-state index contributed by atoms with van der Waals surface area (Å²) in [5.74, 6) is 2.68. The highest BCUT2D eigenvalue weighted by Gasteiger charge is 2.47. The number of fused-ring (bicyclic) bond motifs is 3. The number of carbonyl (C=O) groups excluding carboxylic acids is 1. The Balaban J connectivity index is 0.000000191. The average Bonchev–Trinajstić information content (AvgIpc) is 3.92. The molecule has 2 atom stereocenters. The Hall–Kier alpha value is -8.41. The molecule has 2 aromatic heterocycles. The first-order valence-corrected chi connectivity index (χ1v) is 24.8. The number of hydrazine groups is 1. The van der Waals surface area contributed by atoms with Crippen molar-refractivity contribution < 1.29 is 41.0 Å². The first-order valence-electron chi connectivity index (χ1n) is 23.5. The number of anilines is 1. The van der Waals surface area contributed by atoms with Crippen LogP contribution >= 0.6 is 0 Å². The monoisotopic (exact) mass is 998 g/mol. The van der Waals surface area contributed by atoms with E-state index in [0.717, 1.165) is 33.8 Å². The third kappa shape index (κ3) is 11.5. The fraction of sp³-hybridized carbons (Fsp3) is 0.158. The summed E-state index contributed by atoms with van der Waals surface area (Å²) < 4.78 is 58.7. The molecule has 0 saturated carbocycles. The molecule has 2 aliphatic heterocycles. The average molecular weight is 999 g/mol. The Morgan fingerprint density at radius 1 is 0.740 bits per heavy atom. The maximum atomic E-state index is 12.8. The number of nitrogens with zero attached hydrogens (tertiary/aromatic N) is 3. The number of aromatic amines is 1.